The predicted molar refractivity (Wildman–Crippen MR) is 85.3 cm³/mol. The topological polar surface area (TPSA) is 94.8 Å². The zero-order chi connectivity index (χ0) is 17.4. The maximum absolute atomic E-state index is 10.8. The van der Waals surface area contributed by atoms with E-state index in [2.05, 4.69) is 0 Å². The van der Waals surface area contributed by atoms with Crippen LogP contribution in [0, 0.1) is 5.41 Å². The van der Waals surface area contributed by atoms with Crippen molar-refractivity contribution < 1.29 is 24.9 Å². The van der Waals surface area contributed by atoms with Crippen LogP contribution in [0.2, 0.25) is 0 Å². The lowest BCUT2D eigenvalue weighted by molar-refractivity contribution is 0.0200. The van der Waals surface area contributed by atoms with Crippen molar-refractivity contribution in [2.75, 3.05) is 19.8 Å². The Kier molecular flexibility index (Phi) is 8.16. The van der Waals surface area contributed by atoms with Gasteiger partial charge < -0.3 is 15.3 Å². The molecule has 124 valence electrons. The average molecular weight is 310 g/mol. The molecule has 0 radical (unpaired) electrons. The molecule has 0 atom stereocenters. The summed E-state index contributed by atoms with van der Waals surface area (Å²) in [6.45, 7) is 7.12. The molecule has 0 spiro atoms. The lowest BCUT2D eigenvalue weighted by Gasteiger charge is -2.21. The minimum atomic E-state index is -0.708. The Morgan fingerprint density at radius 2 is 1.41 bits per heavy atom. The van der Waals surface area contributed by atoms with Crippen molar-refractivity contribution in [2.45, 2.75) is 33.1 Å². The van der Waals surface area contributed by atoms with E-state index in [-0.39, 0.29) is 25.2 Å². The molecule has 0 aliphatic carbocycles. The summed E-state index contributed by atoms with van der Waals surface area (Å²) in [5.41, 5.74) is 1.36. The number of rotatable bonds is 5. The summed E-state index contributed by atoms with van der Waals surface area (Å²) in [5.74, 6) is 0. The van der Waals surface area contributed by atoms with E-state index in [9.17, 15) is 9.59 Å². The van der Waals surface area contributed by atoms with Gasteiger partial charge in [0, 0.05) is 16.5 Å². The molecule has 1 aromatic rings. The van der Waals surface area contributed by atoms with Crippen molar-refractivity contribution >= 4 is 12.6 Å². The molecule has 0 fully saturated rings. The van der Waals surface area contributed by atoms with E-state index in [0.29, 0.717) is 11.1 Å². The van der Waals surface area contributed by atoms with Crippen LogP contribution in [0.25, 0.3) is 0 Å². The summed E-state index contributed by atoms with van der Waals surface area (Å²) in [7, 11) is 0. The summed E-state index contributed by atoms with van der Waals surface area (Å²) in [6, 6.07) is 5.13. The van der Waals surface area contributed by atoms with Crippen molar-refractivity contribution in [2.24, 2.45) is 5.41 Å². The Bertz CT molecular complexity index is 476. The Morgan fingerprint density at radius 3 is 1.68 bits per heavy atom. The van der Waals surface area contributed by atoms with E-state index in [1.165, 1.54) is 0 Å². The minimum absolute atomic E-state index is 0.116. The third-order valence-electron chi connectivity index (χ3n) is 3.29. The fraction of sp³-hybridized carbons (Fsp3) is 0.529. The SMILES string of the molecule is CC(C)(C)c1cc(C=O)ccc1C=O.CC(CO)(CO)CO. The van der Waals surface area contributed by atoms with Crippen LogP contribution in [0.5, 0.6) is 0 Å². The Balaban J connectivity index is 0.000000472. The summed E-state index contributed by atoms with van der Waals surface area (Å²) >= 11 is 0. The van der Waals surface area contributed by atoms with E-state index >= 15 is 0 Å². The zero-order valence-electron chi connectivity index (χ0n) is 13.7. The molecular formula is C17H26O5. The largest absolute Gasteiger partial charge is 0.396 e. The molecule has 0 unspecified atom stereocenters. The normalized spacial score (nSPS) is 11.4. The number of aldehydes is 2. The fourth-order valence-corrected chi connectivity index (χ4v) is 1.55. The Morgan fingerprint density at radius 1 is 0.909 bits per heavy atom. The smallest absolute Gasteiger partial charge is 0.150 e. The first-order valence-corrected chi connectivity index (χ1v) is 7.05. The Hall–Kier alpha value is -1.56. The number of aliphatic hydroxyl groups excluding tert-OH is 3. The monoisotopic (exact) mass is 310 g/mol. The highest BCUT2D eigenvalue weighted by molar-refractivity contribution is 5.82. The molecule has 0 aliphatic rings. The molecule has 0 aromatic heterocycles. The van der Waals surface area contributed by atoms with E-state index in [0.717, 1.165) is 18.1 Å². The van der Waals surface area contributed by atoms with Crippen LogP contribution in [0.15, 0.2) is 18.2 Å². The summed E-state index contributed by atoms with van der Waals surface area (Å²) in [5, 5.41) is 25.4. The zero-order valence-corrected chi connectivity index (χ0v) is 13.7. The molecule has 0 heterocycles. The number of carbonyl (C=O) groups is 2. The second kappa shape index (κ2) is 8.78. The van der Waals surface area contributed by atoms with Gasteiger partial charge in [0.2, 0.25) is 0 Å². The molecule has 0 saturated carbocycles. The average Bonchev–Trinajstić information content (AvgIpc) is 2.53. The molecule has 22 heavy (non-hydrogen) atoms. The molecule has 0 saturated heterocycles. The maximum Gasteiger partial charge on any atom is 0.150 e. The van der Waals surface area contributed by atoms with Crippen LogP contribution in [-0.4, -0.2) is 47.7 Å². The molecule has 0 amide bonds. The van der Waals surface area contributed by atoms with E-state index in [1.54, 1.807) is 25.1 Å². The van der Waals surface area contributed by atoms with Crippen LogP contribution in [-0.2, 0) is 5.41 Å². The van der Waals surface area contributed by atoms with Gasteiger partial charge in [-0.25, -0.2) is 0 Å². The van der Waals surface area contributed by atoms with Crippen LogP contribution in [0.3, 0.4) is 0 Å². The number of hydrogen-bond acceptors (Lipinski definition) is 5. The third-order valence-corrected chi connectivity index (χ3v) is 3.29. The molecule has 0 aliphatic heterocycles. The second-order valence-electron chi connectivity index (χ2n) is 6.62. The predicted octanol–water partition coefficient (Wildman–Crippen LogP) is 1.58. The van der Waals surface area contributed by atoms with Crippen molar-refractivity contribution in [1.82, 2.24) is 0 Å². The van der Waals surface area contributed by atoms with Gasteiger partial charge in [-0.2, -0.15) is 0 Å². The van der Waals surface area contributed by atoms with Gasteiger partial charge in [0.25, 0.3) is 0 Å². The minimum Gasteiger partial charge on any atom is -0.396 e. The van der Waals surface area contributed by atoms with Gasteiger partial charge in [-0.3, -0.25) is 9.59 Å². The van der Waals surface area contributed by atoms with Gasteiger partial charge in [-0.05, 0) is 17.0 Å². The molecule has 5 nitrogen and oxygen atoms in total. The fourth-order valence-electron chi connectivity index (χ4n) is 1.55. The molecule has 3 N–H and O–H groups in total. The number of aliphatic hydroxyl groups is 3. The highest BCUT2D eigenvalue weighted by Crippen LogP contribution is 2.25. The third kappa shape index (κ3) is 6.05. The van der Waals surface area contributed by atoms with Crippen molar-refractivity contribution in [3.8, 4) is 0 Å². The standard InChI is InChI=1S/C12H14O2.C5H12O3/c1-12(2,3)11-6-9(7-13)4-5-10(11)8-14;1-5(2-6,3-7)4-8/h4-8H,1-3H3;6-8H,2-4H2,1H3. The first kappa shape index (κ1) is 20.4. The summed E-state index contributed by atoms with van der Waals surface area (Å²) < 4.78 is 0. The van der Waals surface area contributed by atoms with E-state index < -0.39 is 5.41 Å². The quantitative estimate of drug-likeness (QED) is 0.718. The highest BCUT2D eigenvalue weighted by atomic mass is 16.3. The lowest BCUT2D eigenvalue weighted by atomic mass is 9.83. The van der Waals surface area contributed by atoms with Crippen LogP contribution in [0.1, 0.15) is 54.0 Å². The number of carbonyl (C=O) groups excluding carboxylic acids is 2. The number of hydrogen-bond donors (Lipinski definition) is 3. The van der Waals surface area contributed by atoms with Crippen molar-refractivity contribution in [1.29, 1.82) is 0 Å². The molecule has 1 rings (SSSR count). The van der Waals surface area contributed by atoms with Crippen molar-refractivity contribution in [3.63, 3.8) is 0 Å². The van der Waals surface area contributed by atoms with Crippen LogP contribution < -0.4 is 0 Å². The van der Waals surface area contributed by atoms with Gasteiger partial charge in [0.05, 0.1) is 19.8 Å². The lowest BCUT2D eigenvalue weighted by Crippen LogP contribution is -2.29. The molecular weight excluding hydrogens is 284 g/mol. The van der Waals surface area contributed by atoms with E-state index in [1.807, 2.05) is 20.8 Å². The second-order valence-corrected chi connectivity index (χ2v) is 6.62. The first-order valence-electron chi connectivity index (χ1n) is 7.05. The van der Waals surface area contributed by atoms with Gasteiger partial charge >= 0.3 is 0 Å². The van der Waals surface area contributed by atoms with Crippen molar-refractivity contribution in [3.05, 3.63) is 34.9 Å². The molecule has 0 bridgehead atoms. The molecule has 1 aromatic carbocycles. The van der Waals surface area contributed by atoms with Gasteiger partial charge in [-0.15, -0.1) is 0 Å². The number of benzene rings is 1. The van der Waals surface area contributed by atoms with E-state index in [4.69, 9.17) is 15.3 Å². The maximum atomic E-state index is 10.8. The van der Waals surface area contributed by atoms with Gasteiger partial charge in [-0.1, -0.05) is 39.8 Å². The van der Waals surface area contributed by atoms with Crippen LogP contribution >= 0.6 is 0 Å². The van der Waals surface area contributed by atoms with Crippen LogP contribution in [0.4, 0.5) is 0 Å². The molecule has 5 heteroatoms. The van der Waals surface area contributed by atoms with Gasteiger partial charge in [0.1, 0.15) is 12.6 Å². The summed E-state index contributed by atoms with van der Waals surface area (Å²) in [6.07, 6.45) is 1.62. The summed E-state index contributed by atoms with van der Waals surface area (Å²) in [4.78, 5) is 21.4. The first-order chi connectivity index (χ1) is 10.2. The highest BCUT2D eigenvalue weighted by Gasteiger charge is 2.20. The van der Waals surface area contributed by atoms with Gasteiger partial charge in [0.15, 0.2) is 0 Å². The Labute approximate surface area is 131 Å².